The molecule has 4 unspecified atom stereocenters. The lowest BCUT2D eigenvalue weighted by Gasteiger charge is -2.19. The van der Waals surface area contributed by atoms with Crippen LogP contribution in [0, 0.1) is 0 Å². The van der Waals surface area contributed by atoms with Gasteiger partial charge in [0, 0.05) is 12.5 Å². The number of rotatable bonds is 21. The van der Waals surface area contributed by atoms with Gasteiger partial charge in [-0.3, -0.25) is 4.79 Å². The maximum absolute atomic E-state index is 11.0. The van der Waals surface area contributed by atoms with Gasteiger partial charge >= 0.3 is 5.97 Å². The van der Waals surface area contributed by atoms with E-state index < -0.39 is 24.3 Å². The van der Waals surface area contributed by atoms with E-state index in [1.165, 1.54) is 0 Å². The zero-order valence-electron chi connectivity index (χ0n) is 23.1. The fourth-order valence-corrected chi connectivity index (χ4v) is 4.52. The molecule has 0 aliphatic heterocycles. The van der Waals surface area contributed by atoms with E-state index in [1.807, 2.05) is 19.9 Å². The molecule has 1 aromatic rings. The molecule has 0 amide bonds. The van der Waals surface area contributed by atoms with E-state index in [0.717, 1.165) is 55.4 Å². The fraction of sp³-hybridized carbons (Fsp3) is 0.633. The summed E-state index contributed by atoms with van der Waals surface area (Å²) in [7, 11) is 0. The molecular formula is C30H49NO7. The molecule has 7 N–H and O–H groups in total. The van der Waals surface area contributed by atoms with Crippen LogP contribution in [0.25, 0.3) is 0 Å². The van der Waals surface area contributed by atoms with Crippen molar-refractivity contribution >= 4 is 5.97 Å². The molecule has 0 aromatic heterocycles. The fourth-order valence-electron chi connectivity index (χ4n) is 4.52. The van der Waals surface area contributed by atoms with Crippen molar-refractivity contribution in [3.05, 3.63) is 53.1 Å². The lowest BCUT2D eigenvalue weighted by atomic mass is 9.91. The second-order valence-electron chi connectivity index (χ2n) is 10.0. The lowest BCUT2D eigenvalue weighted by molar-refractivity contribution is -0.137. The summed E-state index contributed by atoms with van der Waals surface area (Å²) >= 11 is 0. The van der Waals surface area contributed by atoms with Crippen LogP contribution >= 0.6 is 0 Å². The van der Waals surface area contributed by atoms with Crippen molar-refractivity contribution in [2.24, 2.45) is 0 Å². The van der Waals surface area contributed by atoms with E-state index >= 15 is 0 Å². The summed E-state index contributed by atoms with van der Waals surface area (Å²) < 4.78 is 0. The van der Waals surface area contributed by atoms with E-state index in [-0.39, 0.29) is 31.2 Å². The molecule has 38 heavy (non-hydrogen) atoms. The zero-order valence-corrected chi connectivity index (χ0v) is 23.1. The quantitative estimate of drug-likeness (QED) is 0.0927. The third-order valence-electron chi connectivity index (χ3n) is 6.67. The van der Waals surface area contributed by atoms with E-state index in [0.29, 0.717) is 25.7 Å². The average Bonchev–Trinajstić information content (AvgIpc) is 2.89. The number of aromatic hydroxyl groups is 1. The standard InChI is InChI=1S/C30H49NO7/c1-3-5-13-28(35)29(36)16-14-24(18-22-9-8-12-26(33)19-22)23(20-27(34)21-32)10-6-7-11-25(31-4-2)15-17-30(37)38/h8-9,12,14,16,19,25,27-29,31-36H,3-7,10-11,13,15,17-18,20-21H2,1-2H3,(H,37,38). The monoisotopic (exact) mass is 535 g/mol. The minimum absolute atomic E-state index is 0.122. The average molecular weight is 536 g/mol. The summed E-state index contributed by atoms with van der Waals surface area (Å²) in [6, 6.07) is 7.04. The summed E-state index contributed by atoms with van der Waals surface area (Å²) in [6.45, 7) is 4.42. The van der Waals surface area contributed by atoms with Crippen LogP contribution in [0.1, 0.15) is 83.6 Å². The number of unbranched alkanes of at least 4 members (excludes halogenated alkanes) is 2. The molecule has 216 valence electrons. The predicted octanol–water partition coefficient (Wildman–Crippen LogP) is 3.85. The molecule has 0 radical (unpaired) electrons. The Hall–Kier alpha value is -2.23. The van der Waals surface area contributed by atoms with E-state index in [2.05, 4.69) is 5.32 Å². The number of aliphatic hydroxyl groups excluding tert-OH is 4. The third-order valence-corrected chi connectivity index (χ3v) is 6.67. The number of phenolic OH excluding ortho intramolecular Hbond substituents is 1. The number of allylic oxidation sites excluding steroid dienone is 2. The number of nitrogens with one attached hydrogen (secondary N) is 1. The molecule has 0 spiro atoms. The van der Waals surface area contributed by atoms with Crippen molar-refractivity contribution in [2.75, 3.05) is 13.2 Å². The Morgan fingerprint density at radius 1 is 1.03 bits per heavy atom. The number of phenols is 1. The number of benzene rings is 1. The molecule has 8 heteroatoms. The van der Waals surface area contributed by atoms with Gasteiger partial charge in [0.1, 0.15) is 5.75 Å². The van der Waals surface area contributed by atoms with Crippen LogP contribution in [0.4, 0.5) is 0 Å². The number of aliphatic carboxylic acids is 1. The van der Waals surface area contributed by atoms with Gasteiger partial charge in [-0.05, 0) is 74.8 Å². The maximum Gasteiger partial charge on any atom is 0.303 e. The first-order chi connectivity index (χ1) is 18.2. The highest BCUT2D eigenvalue weighted by atomic mass is 16.4. The molecular weight excluding hydrogens is 486 g/mol. The molecule has 0 saturated heterocycles. The van der Waals surface area contributed by atoms with Gasteiger partial charge in [0.25, 0.3) is 0 Å². The molecule has 0 fully saturated rings. The number of hydrogen-bond acceptors (Lipinski definition) is 7. The van der Waals surface area contributed by atoms with Crippen LogP contribution in [-0.2, 0) is 11.2 Å². The molecule has 0 heterocycles. The summed E-state index contributed by atoms with van der Waals surface area (Å²) in [5, 5.41) is 62.9. The highest BCUT2D eigenvalue weighted by Crippen LogP contribution is 2.25. The molecule has 0 aliphatic carbocycles. The second-order valence-corrected chi connectivity index (χ2v) is 10.0. The van der Waals surface area contributed by atoms with Gasteiger partial charge in [0.05, 0.1) is 24.9 Å². The van der Waals surface area contributed by atoms with Gasteiger partial charge in [-0.25, -0.2) is 0 Å². The number of carboxylic acid groups (broad SMARTS) is 1. The molecule has 0 aliphatic rings. The van der Waals surface area contributed by atoms with Crippen LogP contribution in [0.2, 0.25) is 0 Å². The Balaban J connectivity index is 3.13. The lowest BCUT2D eigenvalue weighted by Crippen LogP contribution is -2.29. The van der Waals surface area contributed by atoms with E-state index in [9.17, 15) is 30.3 Å². The van der Waals surface area contributed by atoms with Gasteiger partial charge in [-0.1, -0.05) is 63.0 Å². The molecule has 4 atom stereocenters. The van der Waals surface area contributed by atoms with Crippen LogP contribution in [0.3, 0.4) is 0 Å². The number of hydrogen-bond donors (Lipinski definition) is 7. The van der Waals surface area contributed by atoms with Crippen molar-refractivity contribution in [3.63, 3.8) is 0 Å². The van der Waals surface area contributed by atoms with Gasteiger partial charge in [0.2, 0.25) is 0 Å². The molecule has 1 rings (SSSR count). The largest absolute Gasteiger partial charge is 0.508 e. The molecule has 1 aromatic carbocycles. The maximum atomic E-state index is 11.0. The van der Waals surface area contributed by atoms with Gasteiger partial charge in [0.15, 0.2) is 0 Å². The van der Waals surface area contributed by atoms with Gasteiger partial charge in [-0.15, -0.1) is 0 Å². The topological polar surface area (TPSA) is 150 Å². The van der Waals surface area contributed by atoms with Crippen molar-refractivity contribution in [2.45, 2.75) is 109 Å². The Bertz CT molecular complexity index is 855. The van der Waals surface area contributed by atoms with Gasteiger partial charge in [-0.2, -0.15) is 0 Å². The first kappa shape index (κ1) is 33.8. The van der Waals surface area contributed by atoms with Crippen LogP contribution in [-0.4, -0.2) is 74.1 Å². The summed E-state index contributed by atoms with van der Waals surface area (Å²) in [6.07, 6.45) is 7.33. The first-order valence-electron chi connectivity index (χ1n) is 14.0. The number of carboxylic acids is 1. The molecule has 8 nitrogen and oxygen atoms in total. The van der Waals surface area contributed by atoms with E-state index in [4.69, 9.17) is 5.11 Å². The number of aliphatic hydroxyl groups is 4. The number of carbonyl (C=O) groups is 1. The minimum Gasteiger partial charge on any atom is -0.508 e. The van der Waals surface area contributed by atoms with E-state index in [1.54, 1.807) is 30.4 Å². The summed E-state index contributed by atoms with van der Waals surface area (Å²) in [5.74, 6) is -0.657. The molecule has 0 bridgehead atoms. The van der Waals surface area contributed by atoms with Crippen LogP contribution in [0.15, 0.2) is 47.6 Å². The zero-order chi connectivity index (χ0) is 28.3. The second kappa shape index (κ2) is 19.8. The Labute approximate surface area is 227 Å². The summed E-state index contributed by atoms with van der Waals surface area (Å²) in [5.41, 5.74) is 2.66. The summed E-state index contributed by atoms with van der Waals surface area (Å²) in [4.78, 5) is 11.0. The third kappa shape index (κ3) is 14.6. The first-order valence-corrected chi connectivity index (χ1v) is 14.0. The van der Waals surface area contributed by atoms with Crippen LogP contribution < -0.4 is 5.32 Å². The van der Waals surface area contributed by atoms with Crippen molar-refractivity contribution in [3.8, 4) is 5.75 Å². The minimum atomic E-state index is -1.03. The Morgan fingerprint density at radius 3 is 2.42 bits per heavy atom. The van der Waals surface area contributed by atoms with Crippen molar-refractivity contribution in [1.29, 1.82) is 0 Å². The van der Waals surface area contributed by atoms with Crippen molar-refractivity contribution in [1.82, 2.24) is 5.32 Å². The predicted molar refractivity (Wildman–Crippen MR) is 150 cm³/mol. The normalized spacial score (nSPS) is 15.7. The SMILES string of the molecule is CCCCC(O)C(O)C=CC(Cc1cccc(O)c1)=C(CCCCC(CCC(=O)O)NCC)CC(O)CO. The highest BCUT2D eigenvalue weighted by Gasteiger charge is 2.16. The Morgan fingerprint density at radius 2 is 1.79 bits per heavy atom. The highest BCUT2D eigenvalue weighted by molar-refractivity contribution is 5.66. The van der Waals surface area contributed by atoms with Crippen LogP contribution in [0.5, 0.6) is 5.75 Å². The Kier molecular flexibility index (Phi) is 17.6. The van der Waals surface area contributed by atoms with Gasteiger partial charge < -0.3 is 36.0 Å². The molecule has 0 saturated carbocycles. The van der Waals surface area contributed by atoms with Crippen molar-refractivity contribution < 1.29 is 35.4 Å². The smallest absolute Gasteiger partial charge is 0.303 e.